The number of imidazole rings is 2. The van der Waals surface area contributed by atoms with Crippen LogP contribution >= 0.6 is 40.4 Å². The number of rotatable bonds is 35. The molecule has 9 aliphatic rings. The highest BCUT2D eigenvalue weighted by molar-refractivity contribution is 8.32. The van der Waals surface area contributed by atoms with Crippen molar-refractivity contribution in [2.24, 2.45) is 0 Å². The Kier molecular flexibility index (Phi) is 27.6. The van der Waals surface area contributed by atoms with E-state index in [-0.39, 0.29) is 62.8 Å². The van der Waals surface area contributed by atoms with E-state index >= 15 is 9.46 Å². The number of nitrogens with two attached hydrogens (primary N) is 2. The molecule has 10 N–H and O–H groups in total. The van der Waals surface area contributed by atoms with Crippen molar-refractivity contribution in [3.8, 4) is 0 Å². The van der Waals surface area contributed by atoms with Crippen molar-refractivity contribution in [3.63, 3.8) is 0 Å². The first-order valence-corrected chi connectivity index (χ1v) is 55.5. The van der Waals surface area contributed by atoms with Gasteiger partial charge in [0.15, 0.2) is 48.1 Å². The maximum atomic E-state index is 15.4. The summed E-state index contributed by atoms with van der Waals surface area (Å²) < 4.78 is 150. The number of H-pyrrole nitrogens is 5. The molecule has 0 saturated carbocycles. The van der Waals surface area contributed by atoms with Gasteiger partial charge in [-0.05, 0) is 48.5 Å². The fraction of sp³-hybridized carbons (Fsp3) is 0.612. The number of ether oxygens (including phenoxy) is 9. The minimum Gasteiger partial charge on any atom is -0.780 e. The summed E-state index contributed by atoms with van der Waals surface area (Å²) in [4.78, 5) is 223. The molecule has 9 saturated heterocycles. The van der Waals surface area contributed by atoms with E-state index in [0.717, 1.165) is 50.3 Å². The lowest BCUT2D eigenvalue weighted by Crippen LogP contribution is -2.52. The lowest BCUT2D eigenvalue weighted by molar-refractivity contribution is -0.240. The van der Waals surface area contributed by atoms with Crippen molar-refractivity contribution in [2.45, 2.75) is 213 Å². The Morgan fingerprint density at radius 1 is 0.463 bits per heavy atom. The molecule has 134 heavy (non-hydrogen) atoms. The van der Waals surface area contributed by atoms with Crippen LogP contribution in [0.2, 0.25) is 0 Å². The Balaban J connectivity index is 0.620. The van der Waals surface area contributed by atoms with E-state index in [2.05, 4.69) is 49.8 Å². The van der Waals surface area contributed by atoms with Gasteiger partial charge in [-0.15, -0.1) is 0 Å². The predicted molar refractivity (Wildman–Crippen MR) is 463 cm³/mol. The summed E-state index contributed by atoms with van der Waals surface area (Å²) in [5.41, 5.74) is -2.26. The number of fused-ring (bicyclic) bond motifs is 8. The Morgan fingerprint density at radius 2 is 0.821 bits per heavy atom. The molecular weight excluding hydrogens is 2030 g/mol. The number of nitrogens with zero attached hydrogens (tertiary/aromatic N) is 11. The average Bonchev–Trinajstić information content (AvgIpc) is 1.55. The van der Waals surface area contributed by atoms with E-state index in [1.807, 2.05) is 0 Å². The van der Waals surface area contributed by atoms with Crippen molar-refractivity contribution < 1.29 is 131 Å². The molecule has 732 valence electrons. The highest BCUT2D eigenvalue weighted by Gasteiger charge is 2.72. The molecule has 0 amide bonds. The first kappa shape index (κ1) is 99.5. The molecule has 17 heterocycles. The highest BCUT2D eigenvalue weighted by Crippen LogP contribution is 2.63. The summed E-state index contributed by atoms with van der Waals surface area (Å²) >= 11 is 32.8. The topological polar surface area (TPSA) is 725 Å². The number of hydrogen-bond acceptors (Lipinski definition) is 50. The monoisotopic (exact) mass is 2110 g/mol. The maximum Gasteiger partial charge on any atom is 0.330 e. The first-order chi connectivity index (χ1) is 62.9. The fourth-order valence-corrected chi connectivity index (χ4v) is 25.5. The van der Waals surface area contributed by atoms with Crippen LogP contribution in [-0.2, 0) is 173 Å². The van der Waals surface area contributed by atoms with E-state index < -0.39 is 289 Å². The molecule has 0 aromatic carbocycles. The van der Waals surface area contributed by atoms with Gasteiger partial charge in [-0.25, -0.2) is 39.1 Å². The van der Waals surface area contributed by atoms with Gasteiger partial charge in [0.2, 0.25) is 5.95 Å². The number of aryl methyl sites for hydroxylation is 4. The van der Waals surface area contributed by atoms with Gasteiger partial charge in [-0.1, -0.05) is 59.0 Å². The maximum absolute atomic E-state index is 15.4. The van der Waals surface area contributed by atoms with E-state index in [0.29, 0.717) is 0 Å². The van der Waals surface area contributed by atoms with Gasteiger partial charge < -0.3 is 150 Å². The van der Waals surface area contributed by atoms with Crippen LogP contribution < -0.4 is 86.5 Å². The Morgan fingerprint density at radius 3 is 1.26 bits per heavy atom. The zero-order chi connectivity index (χ0) is 96.3. The van der Waals surface area contributed by atoms with Crippen molar-refractivity contribution in [2.75, 3.05) is 58.2 Å². The van der Waals surface area contributed by atoms with Gasteiger partial charge in [0.1, 0.15) is 136 Å². The van der Waals surface area contributed by atoms with Crippen LogP contribution in [-0.4, -0.2) is 237 Å². The summed E-state index contributed by atoms with van der Waals surface area (Å²) in [6.45, 7) is -25.4. The van der Waals surface area contributed by atoms with E-state index in [1.165, 1.54) is 76.5 Å². The van der Waals surface area contributed by atoms with Crippen LogP contribution in [0, 0.1) is 27.7 Å². The molecule has 9 fully saturated rings. The van der Waals surface area contributed by atoms with E-state index in [4.69, 9.17) is 180 Å². The Hall–Kier alpha value is -6.03. The third-order valence-corrected chi connectivity index (χ3v) is 33.5. The zero-order valence-electron chi connectivity index (χ0n) is 70.4. The summed E-state index contributed by atoms with van der Waals surface area (Å²) in [7, 11) is 1.05. The molecule has 6 bridgehead atoms. The number of aromatic nitrogens is 16. The summed E-state index contributed by atoms with van der Waals surface area (Å²) in [6, 6.07) is 0. The number of aliphatic hydroxyl groups is 1. The van der Waals surface area contributed by atoms with Crippen molar-refractivity contribution in [3.05, 3.63) is 160 Å². The lowest BCUT2D eigenvalue weighted by Gasteiger charge is -2.42. The summed E-state index contributed by atoms with van der Waals surface area (Å²) in [5.74, 6) is -0.330. The van der Waals surface area contributed by atoms with Crippen molar-refractivity contribution >= 4 is 146 Å². The average molecular weight is 2110 g/mol. The third-order valence-electron chi connectivity index (χ3n) is 24.1. The molecule has 0 spiro atoms. The lowest BCUT2D eigenvalue weighted by atomic mass is 9.94. The molecule has 55 nitrogen and oxygen atoms in total. The molecular formula is C67H80N18O37P6S6-6. The minimum atomic E-state index is -5.28. The van der Waals surface area contributed by atoms with Gasteiger partial charge in [0.05, 0.1) is 88.9 Å². The second-order valence-corrected chi connectivity index (χ2v) is 48.8. The molecule has 9 aliphatic heterocycles. The van der Waals surface area contributed by atoms with Crippen LogP contribution in [0.3, 0.4) is 0 Å². The van der Waals surface area contributed by atoms with Gasteiger partial charge >= 0.3 is 22.8 Å². The SMILES string of the molecule is COP([O-])(=S)O[C@@H]1C[C@H](n2cnc3c(N)ncnc32)O[C@@H]1COP([O-])(=S)O[C@@H]1C[C@H](n2cc(C)c(=O)[nH]c2=O)O[C@@H]1COP([O-])(=S)O[C@@H]1C[C@H](n2cnc3c(=O)[nH]c(N)nc32)O[C@@H]1COP([O-])(=S)O[C@@H]1C2O[C@@H](C)[C@]1(COP(=O)([S-])O[C@@H]1C3O[C@@H](C)[C@]1(COP([O-])(=S)O[C@@H]1C4O[C@@H](C)[C@]1(CO)O[C@H]4n1cc(C)c(=O)[nH]c1=O)O[C@H]3n1cc(C)c(=O)[nH]c1=O)O[C@H]2n1cc(C)c(=O)[nH]c1=O. The number of nitrogens with one attached hydrogen (secondary N) is 5. The summed E-state index contributed by atoms with van der Waals surface area (Å²) in [5, 5.41) is 10.9. The van der Waals surface area contributed by atoms with Gasteiger partial charge in [-0.2, -0.15) is 4.98 Å². The van der Waals surface area contributed by atoms with Crippen LogP contribution in [0.4, 0.5) is 11.8 Å². The summed E-state index contributed by atoms with van der Waals surface area (Å²) in [6.07, 6.45) is -23.7. The Bertz CT molecular complexity index is 6890. The normalized spacial score (nSPS) is 34.2. The van der Waals surface area contributed by atoms with Gasteiger partial charge in [0, 0.05) is 73.4 Å². The molecule has 0 radical (unpaired) electrons. The second-order valence-electron chi connectivity index (χ2n) is 32.5. The number of aromatic amines is 5. The quantitative estimate of drug-likeness (QED) is 0.0136. The third kappa shape index (κ3) is 19.1. The molecule has 17 rings (SSSR count). The predicted octanol–water partition coefficient (Wildman–Crippen LogP) is -4.80. The van der Waals surface area contributed by atoms with Crippen LogP contribution in [0.5, 0.6) is 0 Å². The van der Waals surface area contributed by atoms with Crippen LogP contribution in [0.15, 0.2) is 86.9 Å². The largest absolute Gasteiger partial charge is 0.780 e. The molecule has 67 heteroatoms. The van der Waals surface area contributed by atoms with Crippen molar-refractivity contribution in [1.29, 1.82) is 0 Å². The molecule has 30 atom stereocenters. The fourth-order valence-electron chi connectivity index (χ4n) is 17.3. The molecule has 8 aromatic rings. The number of aliphatic hydroxyl groups excluding tert-OH is 1. The van der Waals surface area contributed by atoms with E-state index in [9.17, 15) is 67.8 Å². The number of nitrogen functional groups attached to an aromatic ring is 2. The minimum absolute atomic E-state index is 0.0216. The van der Waals surface area contributed by atoms with Crippen LogP contribution in [0.25, 0.3) is 22.3 Å². The number of anilines is 2. The Labute approximate surface area is 780 Å². The first-order valence-electron chi connectivity index (χ1n) is 40.2. The molecule has 0 aliphatic carbocycles. The number of hydrogen-bond donors (Lipinski definition) is 8. The van der Waals surface area contributed by atoms with Crippen LogP contribution in [0.1, 0.15) is 99.7 Å². The smallest absolute Gasteiger partial charge is 0.330 e. The molecule has 8 aromatic heterocycles. The van der Waals surface area contributed by atoms with Gasteiger partial charge in [0.25, 0.3) is 27.8 Å². The standard InChI is InChI=1S/C67H86N18O37P6S6/c1-25-12-80(61(92)76-52(25)87)38-9-33(118-124(97,130)103-16-35-32(117-123(96,129)102-8)10-39(112-35)84-23-72-41-49(68)70-22-71-50(41)84)36(111-38)17-104-125(98,131)119-34-11-40(85-24-73-42-51(85)74-60(69)75-56(42)91)113-37(34)18-105-126(99,132)121-47-44-58(82-14-27(3)54(89)78-63(82)94)115-66(47,30(6)109-44)20-107-128(101,134)122-48-45-59(83-15-28(4)55(90)79-64(83)95)116-67(48,31(7)110-45)21-106-127(100,133)120-46-43-57(114-65(46,19-86)29(5)108-43)81-13-26(2)53(88)77-62(81)93/h12-15,22-24,29-40,43-48,57-59,86H,9-11,16-21H2,1-8H3,(H,96,129)(H,97,130)(H,98,131)(H,99,132)(H,100,133)(H,101,134)(H2,68,70,71)(H,76,87,92)(H,77,88,93)(H,78,89,94)(H,79,90,95)(H3,69,74,75,91)/p-6/t29-,30-,31-,32+,33+,34+,35+,36+,37+,38+,39+,40+,43?,44?,45?,46+,47+,48+,57+,58+,59+,65-,66-,67-,123?,124?,125?,126?,127?,128?/m0/s1. The van der Waals surface area contributed by atoms with Gasteiger partial charge in [-0.3, -0.25) is 80.9 Å². The molecule has 9 unspecified atom stereocenters. The van der Waals surface area contributed by atoms with E-state index in [1.54, 1.807) is 0 Å². The highest BCUT2D eigenvalue weighted by atomic mass is 32.7. The van der Waals surface area contributed by atoms with Crippen molar-refractivity contribution in [1.82, 2.24) is 77.2 Å². The second kappa shape index (κ2) is 37.1. The zero-order valence-corrected chi connectivity index (χ0v) is 80.6.